The van der Waals surface area contributed by atoms with Crippen molar-refractivity contribution in [1.82, 2.24) is 14.5 Å². The highest BCUT2D eigenvalue weighted by atomic mass is 32.1. The zero-order chi connectivity index (χ0) is 25.3. The summed E-state index contributed by atoms with van der Waals surface area (Å²) >= 11 is 1.82. The van der Waals surface area contributed by atoms with Crippen molar-refractivity contribution in [3.63, 3.8) is 0 Å². The van der Waals surface area contributed by atoms with Crippen LogP contribution >= 0.6 is 11.3 Å². The Balaban J connectivity index is 1.67. The Labute approximate surface area is 213 Å². The van der Waals surface area contributed by atoms with Crippen molar-refractivity contribution in [1.29, 1.82) is 0 Å². The number of carbonyl (C=O) groups is 1. The van der Waals surface area contributed by atoms with Crippen molar-refractivity contribution < 1.29 is 9.53 Å². The number of fused-ring (bicyclic) bond motifs is 2. The molecule has 1 aliphatic carbocycles. The van der Waals surface area contributed by atoms with Crippen LogP contribution in [-0.4, -0.2) is 61.3 Å². The van der Waals surface area contributed by atoms with Gasteiger partial charge in [0.25, 0.3) is 0 Å². The van der Waals surface area contributed by atoms with Gasteiger partial charge in [-0.1, -0.05) is 13.3 Å². The number of hydrogen-bond acceptors (Lipinski definition) is 5. The summed E-state index contributed by atoms with van der Waals surface area (Å²) in [4.78, 5) is 22.9. The molecule has 0 spiro atoms. The lowest BCUT2D eigenvalue weighted by Gasteiger charge is -2.28. The SMILES string of the molecule is CCCCN(C)c1cc(C)c2nc3c(C)cc(=[N+]4CCN(C(=O)OC(C)(C)C)CC4)cc-3sc2c1. The first-order chi connectivity index (χ1) is 16.6. The zero-order valence-corrected chi connectivity index (χ0v) is 23.1. The van der Waals surface area contributed by atoms with Gasteiger partial charge in [0, 0.05) is 31.4 Å². The Morgan fingerprint density at radius 1 is 1.14 bits per heavy atom. The third kappa shape index (κ3) is 5.77. The monoisotopic (exact) mass is 495 g/mol. The molecule has 0 aromatic heterocycles. The molecule has 0 N–H and O–H groups in total. The minimum atomic E-state index is -0.468. The topological polar surface area (TPSA) is 48.7 Å². The van der Waals surface area contributed by atoms with Gasteiger partial charge in [-0.25, -0.2) is 14.4 Å². The lowest BCUT2D eigenvalue weighted by Crippen LogP contribution is -2.51. The molecule has 2 aliphatic heterocycles. The highest BCUT2D eigenvalue weighted by Gasteiger charge is 2.28. The van der Waals surface area contributed by atoms with Crippen LogP contribution in [0.15, 0.2) is 24.3 Å². The summed E-state index contributed by atoms with van der Waals surface area (Å²) in [6, 6.07) is 9.05. The van der Waals surface area contributed by atoms with Crippen LogP contribution in [0.25, 0.3) is 20.8 Å². The molecule has 188 valence electrons. The molecule has 1 amide bonds. The molecule has 35 heavy (non-hydrogen) atoms. The van der Waals surface area contributed by atoms with Gasteiger partial charge >= 0.3 is 6.09 Å². The van der Waals surface area contributed by atoms with E-state index in [0.29, 0.717) is 13.1 Å². The van der Waals surface area contributed by atoms with E-state index in [2.05, 4.69) is 61.6 Å². The van der Waals surface area contributed by atoms with Crippen molar-refractivity contribution >= 4 is 33.3 Å². The number of hydrogen-bond donors (Lipinski definition) is 0. The predicted octanol–water partition coefficient (Wildman–Crippen LogP) is 5.28. The molecule has 4 rings (SSSR count). The number of nitrogens with zero attached hydrogens (tertiary/aromatic N) is 4. The fraction of sp³-hybridized carbons (Fsp3) is 0.536. The molecule has 7 heteroatoms. The van der Waals surface area contributed by atoms with Gasteiger partial charge in [0.05, 0.1) is 33.9 Å². The van der Waals surface area contributed by atoms with Crippen molar-refractivity contribution in [3.05, 3.63) is 40.7 Å². The standard InChI is InChI=1S/C28H39N4O2S/c1-8-9-10-30(7)21-15-19(2)25-23(17-21)35-24-18-22(16-20(3)26(24)29-25)31-11-13-32(14-12-31)27(33)34-28(4,5)6/h15-18H,8-14H2,1-7H3/q+1. The Kier molecular flexibility index (Phi) is 7.36. The molecule has 0 saturated carbocycles. The van der Waals surface area contributed by atoms with Crippen LogP contribution in [0.4, 0.5) is 10.5 Å². The van der Waals surface area contributed by atoms with E-state index in [0.717, 1.165) is 30.8 Å². The predicted molar refractivity (Wildman–Crippen MR) is 147 cm³/mol. The summed E-state index contributed by atoms with van der Waals surface area (Å²) in [6.45, 7) is 16.2. The number of piperazine rings is 1. The van der Waals surface area contributed by atoms with E-state index in [4.69, 9.17) is 9.72 Å². The maximum absolute atomic E-state index is 12.4. The third-order valence-corrected chi connectivity index (χ3v) is 7.59. The first-order valence-corrected chi connectivity index (χ1v) is 13.5. The average Bonchev–Trinajstić information content (AvgIpc) is 2.80. The molecule has 0 atom stereocenters. The lowest BCUT2D eigenvalue weighted by atomic mass is 10.1. The van der Waals surface area contributed by atoms with Gasteiger partial charge in [0.15, 0.2) is 13.1 Å². The number of amides is 1. The number of carbonyl (C=O) groups excluding carboxylic acids is 1. The average molecular weight is 496 g/mol. The summed E-state index contributed by atoms with van der Waals surface area (Å²) in [7, 11) is 2.18. The Bertz CT molecular complexity index is 1260. The van der Waals surface area contributed by atoms with Crippen molar-refractivity contribution in [2.24, 2.45) is 0 Å². The van der Waals surface area contributed by atoms with Crippen LogP contribution < -0.4 is 14.8 Å². The van der Waals surface area contributed by atoms with Crippen LogP contribution in [0.5, 0.6) is 0 Å². The minimum absolute atomic E-state index is 0.222. The van der Waals surface area contributed by atoms with E-state index >= 15 is 0 Å². The molecule has 1 aromatic rings. The largest absolute Gasteiger partial charge is 0.444 e. The molecule has 0 radical (unpaired) electrons. The number of ether oxygens (including phenoxy) is 1. The first-order valence-electron chi connectivity index (χ1n) is 12.7. The van der Waals surface area contributed by atoms with E-state index in [9.17, 15) is 4.79 Å². The van der Waals surface area contributed by atoms with Gasteiger partial charge in [0.2, 0.25) is 5.36 Å². The number of aromatic nitrogens is 1. The highest BCUT2D eigenvalue weighted by Crippen LogP contribution is 2.35. The van der Waals surface area contributed by atoms with Gasteiger partial charge < -0.3 is 9.64 Å². The molecular weight excluding hydrogens is 456 g/mol. The molecular formula is C28H39N4O2S+. The molecule has 2 heterocycles. The number of anilines is 1. The number of benzene rings is 2. The fourth-order valence-corrected chi connectivity index (χ4v) is 5.73. The summed E-state index contributed by atoms with van der Waals surface area (Å²) < 4.78 is 9.14. The number of unbranched alkanes of at least 4 members (excludes halogenated alkanes) is 1. The van der Waals surface area contributed by atoms with E-state index in [1.807, 2.05) is 37.0 Å². The molecule has 0 unspecified atom stereocenters. The Morgan fingerprint density at radius 3 is 2.51 bits per heavy atom. The highest BCUT2D eigenvalue weighted by molar-refractivity contribution is 7.21. The third-order valence-electron chi connectivity index (χ3n) is 6.53. The van der Waals surface area contributed by atoms with Gasteiger partial charge in [-0.15, -0.1) is 11.3 Å². The summed E-state index contributed by atoms with van der Waals surface area (Å²) in [6.07, 6.45) is 2.16. The fourth-order valence-electron chi connectivity index (χ4n) is 4.53. The van der Waals surface area contributed by atoms with E-state index < -0.39 is 5.60 Å². The Hall–Kier alpha value is -2.67. The minimum Gasteiger partial charge on any atom is -0.444 e. The molecule has 0 bridgehead atoms. The summed E-state index contributed by atoms with van der Waals surface area (Å²) in [5, 5.41) is 1.20. The normalized spacial score (nSPS) is 14.6. The first kappa shape index (κ1) is 25.4. The van der Waals surface area contributed by atoms with Crippen molar-refractivity contribution in [3.8, 4) is 10.6 Å². The zero-order valence-electron chi connectivity index (χ0n) is 22.3. The second kappa shape index (κ2) is 10.1. The van der Waals surface area contributed by atoms with E-state index in [-0.39, 0.29) is 6.09 Å². The van der Waals surface area contributed by atoms with E-state index in [1.54, 1.807) is 0 Å². The van der Waals surface area contributed by atoms with E-state index in [1.165, 1.54) is 44.6 Å². The van der Waals surface area contributed by atoms with Crippen LogP contribution in [0.2, 0.25) is 0 Å². The van der Waals surface area contributed by atoms with Gasteiger partial charge in [-0.3, -0.25) is 4.90 Å². The second-order valence-corrected chi connectivity index (χ2v) is 11.7. The summed E-state index contributed by atoms with van der Waals surface area (Å²) in [5.74, 6) is 0. The maximum atomic E-state index is 12.4. The molecule has 3 aliphatic rings. The molecule has 1 saturated heterocycles. The van der Waals surface area contributed by atoms with Crippen LogP contribution in [-0.2, 0) is 4.74 Å². The summed E-state index contributed by atoms with van der Waals surface area (Å²) in [5.41, 5.74) is 5.37. The van der Waals surface area contributed by atoms with Gasteiger partial charge in [-0.2, -0.15) is 0 Å². The smallest absolute Gasteiger partial charge is 0.410 e. The van der Waals surface area contributed by atoms with Gasteiger partial charge in [-0.05, 0) is 64.3 Å². The van der Waals surface area contributed by atoms with Crippen molar-refractivity contribution in [2.75, 3.05) is 44.7 Å². The van der Waals surface area contributed by atoms with Gasteiger partial charge in [0.1, 0.15) is 5.60 Å². The second-order valence-electron chi connectivity index (χ2n) is 10.7. The number of aryl methyl sites for hydroxylation is 2. The quantitative estimate of drug-likeness (QED) is 0.365. The van der Waals surface area contributed by atoms with Crippen molar-refractivity contribution in [2.45, 2.75) is 60.0 Å². The lowest BCUT2D eigenvalue weighted by molar-refractivity contribution is 0.0218. The molecule has 1 aromatic carbocycles. The molecule has 6 nitrogen and oxygen atoms in total. The van der Waals surface area contributed by atoms with Crippen LogP contribution in [0.3, 0.4) is 0 Å². The van der Waals surface area contributed by atoms with Crippen LogP contribution in [0.1, 0.15) is 51.7 Å². The number of rotatable bonds is 4. The Morgan fingerprint density at radius 2 is 1.86 bits per heavy atom. The molecule has 1 fully saturated rings. The van der Waals surface area contributed by atoms with Crippen LogP contribution in [0, 0.1) is 13.8 Å². The maximum Gasteiger partial charge on any atom is 0.410 e.